The average molecular weight is 502 g/mol. The van der Waals surface area contributed by atoms with Crippen molar-refractivity contribution in [2.75, 3.05) is 11.9 Å². The number of rotatable bonds is 8. The maximum Gasteiger partial charge on any atom is 0.343 e. The molecule has 0 aromatic heterocycles. The van der Waals surface area contributed by atoms with Gasteiger partial charge in [-0.3, -0.25) is 19.7 Å². The number of hydrogen-bond donors (Lipinski definition) is 5. The van der Waals surface area contributed by atoms with Gasteiger partial charge in [-0.15, -0.1) is 0 Å². The lowest BCUT2D eigenvalue weighted by Crippen LogP contribution is -2.62. The lowest BCUT2D eigenvalue weighted by Gasteiger charge is -2.37. The van der Waals surface area contributed by atoms with Crippen molar-refractivity contribution in [3.8, 4) is 0 Å². The van der Waals surface area contributed by atoms with Crippen LogP contribution in [0.2, 0.25) is 0 Å². The second-order valence-corrected chi connectivity index (χ2v) is 7.95. The van der Waals surface area contributed by atoms with E-state index in [4.69, 9.17) is 5.11 Å². The highest BCUT2D eigenvalue weighted by Gasteiger charge is 2.57. The second kappa shape index (κ2) is 9.73. The van der Waals surface area contributed by atoms with E-state index in [0.717, 1.165) is 6.07 Å². The number of aliphatic carboxylic acids is 1. The van der Waals surface area contributed by atoms with E-state index in [2.05, 4.69) is 37.3 Å². The van der Waals surface area contributed by atoms with Crippen LogP contribution in [-0.4, -0.2) is 52.0 Å². The summed E-state index contributed by atoms with van der Waals surface area (Å²) in [6.45, 7) is 2.97. The van der Waals surface area contributed by atoms with Crippen LogP contribution in [0.5, 0.6) is 0 Å². The fourth-order valence-electron chi connectivity index (χ4n) is 3.04. The summed E-state index contributed by atoms with van der Waals surface area (Å²) >= 11 is 3.09. The molecule has 1 heterocycles. The highest BCUT2D eigenvalue weighted by atomic mass is 79.9. The van der Waals surface area contributed by atoms with Crippen LogP contribution in [0.15, 0.2) is 22.7 Å². The number of nitrogens with zero attached hydrogens (tertiary/aromatic N) is 1. The number of nitrogens with one attached hydrogen (secondary N) is 4. The molecule has 1 fully saturated rings. The number of carboxylic acid groups (broad SMARTS) is 1. The summed E-state index contributed by atoms with van der Waals surface area (Å²) in [6.07, 6.45) is -0.858. The molecule has 1 atom stereocenters. The minimum Gasteiger partial charge on any atom is -0.481 e. The van der Waals surface area contributed by atoms with Gasteiger partial charge in [0, 0.05) is 11.0 Å². The molecular weight excluding hydrogens is 481 g/mol. The van der Waals surface area contributed by atoms with Crippen LogP contribution >= 0.6 is 15.9 Å². The molecule has 11 nitrogen and oxygen atoms in total. The Kier molecular flexibility index (Phi) is 7.55. The van der Waals surface area contributed by atoms with Gasteiger partial charge in [0.15, 0.2) is 5.54 Å². The fourth-order valence-corrected chi connectivity index (χ4v) is 3.37. The normalized spacial score (nSPS) is 18.0. The Morgan fingerprint density at radius 1 is 1.29 bits per heavy atom. The lowest BCUT2D eigenvalue weighted by atomic mass is 9.82. The van der Waals surface area contributed by atoms with Crippen molar-refractivity contribution in [2.24, 2.45) is 5.92 Å². The van der Waals surface area contributed by atoms with E-state index in [9.17, 15) is 28.4 Å². The number of benzene rings is 1. The summed E-state index contributed by atoms with van der Waals surface area (Å²) in [6, 6.07) is 1.93. The van der Waals surface area contributed by atoms with Gasteiger partial charge >= 0.3 is 18.0 Å². The zero-order chi connectivity index (χ0) is 23.3. The summed E-state index contributed by atoms with van der Waals surface area (Å²) < 4.78 is 14.4. The Hall–Kier alpha value is -3.22. The predicted octanol–water partition coefficient (Wildman–Crippen LogP) is 1.55. The molecule has 1 unspecified atom stereocenters. The molecule has 1 aliphatic rings. The molecule has 6 amide bonds. The van der Waals surface area contributed by atoms with Crippen LogP contribution in [0.1, 0.15) is 26.7 Å². The third-order valence-corrected chi connectivity index (χ3v) is 5.15. The van der Waals surface area contributed by atoms with Crippen LogP contribution in [0.3, 0.4) is 0 Å². The largest absolute Gasteiger partial charge is 0.481 e. The van der Waals surface area contributed by atoms with Gasteiger partial charge in [0.25, 0.3) is 5.91 Å². The van der Waals surface area contributed by atoms with Crippen molar-refractivity contribution in [2.45, 2.75) is 32.2 Å². The predicted molar refractivity (Wildman–Crippen MR) is 109 cm³/mol. The number of amides is 6. The van der Waals surface area contributed by atoms with E-state index in [1.165, 1.54) is 12.1 Å². The smallest absolute Gasteiger partial charge is 0.343 e. The van der Waals surface area contributed by atoms with Crippen LogP contribution in [0.4, 0.5) is 19.7 Å². The first kappa shape index (κ1) is 24.1. The van der Waals surface area contributed by atoms with E-state index < -0.39 is 53.5 Å². The van der Waals surface area contributed by atoms with Gasteiger partial charge in [-0.1, -0.05) is 29.8 Å². The number of imide groups is 1. The van der Waals surface area contributed by atoms with E-state index in [-0.39, 0.29) is 18.7 Å². The molecule has 13 heteroatoms. The van der Waals surface area contributed by atoms with Crippen molar-refractivity contribution >= 4 is 51.5 Å². The van der Waals surface area contributed by atoms with Crippen molar-refractivity contribution in [3.05, 3.63) is 28.5 Å². The Balaban J connectivity index is 2.20. The highest BCUT2D eigenvalue weighted by Crippen LogP contribution is 2.32. The number of anilines is 1. The van der Waals surface area contributed by atoms with Crippen LogP contribution in [0, 0.1) is 11.7 Å². The number of halogens is 2. The second-order valence-electron chi connectivity index (χ2n) is 7.03. The molecule has 0 aliphatic carbocycles. The van der Waals surface area contributed by atoms with Crippen molar-refractivity contribution < 1.29 is 33.5 Å². The summed E-state index contributed by atoms with van der Waals surface area (Å²) in [5, 5.41) is 16.0. The number of carbonyl (C=O) groups is 5. The number of carboxylic acids is 1. The van der Waals surface area contributed by atoms with Crippen LogP contribution in [-0.2, 0) is 14.4 Å². The topological polar surface area (TPSA) is 157 Å². The third kappa shape index (κ3) is 5.48. The molecule has 168 valence electrons. The SMILES string of the molecule is CC(C)C1(CC(=O)NCCC(=O)O)C(=O)NC(=O)N1NC(=O)Nc1ccc(Br)cc1F. The standard InChI is InChI=1S/C18H21BrFN5O6/c1-9(2)18(8-13(26)21-6-5-14(27)28)15(29)23-17(31)25(18)24-16(30)22-12-4-3-10(19)7-11(12)20/h3-4,7,9H,5-6,8H2,1-2H3,(H,21,26)(H,27,28)(H2,22,24,30)(H,23,29,31). The van der Waals surface area contributed by atoms with E-state index >= 15 is 0 Å². The lowest BCUT2D eigenvalue weighted by molar-refractivity contribution is -0.138. The summed E-state index contributed by atoms with van der Waals surface area (Å²) in [7, 11) is 0. The molecule has 1 saturated heterocycles. The van der Waals surface area contributed by atoms with E-state index in [0.29, 0.717) is 9.48 Å². The first-order chi connectivity index (χ1) is 14.5. The molecule has 0 radical (unpaired) electrons. The van der Waals surface area contributed by atoms with Gasteiger partial charge in [0.1, 0.15) is 5.82 Å². The van der Waals surface area contributed by atoms with Gasteiger partial charge in [-0.25, -0.2) is 24.4 Å². The average Bonchev–Trinajstić information content (AvgIpc) is 2.88. The van der Waals surface area contributed by atoms with Crippen molar-refractivity contribution in [1.29, 1.82) is 0 Å². The monoisotopic (exact) mass is 501 g/mol. The number of urea groups is 2. The summed E-state index contributed by atoms with van der Waals surface area (Å²) in [5.74, 6) is -3.98. The minimum absolute atomic E-state index is 0.172. The number of hydrazine groups is 1. The molecule has 0 spiro atoms. The molecular formula is C18H21BrFN5O6. The molecule has 31 heavy (non-hydrogen) atoms. The van der Waals surface area contributed by atoms with Crippen LogP contribution < -0.4 is 21.4 Å². The highest BCUT2D eigenvalue weighted by molar-refractivity contribution is 9.10. The maximum absolute atomic E-state index is 14.0. The first-order valence-electron chi connectivity index (χ1n) is 9.14. The Bertz CT molecular complexity index is 927. The van der Waals surface area contributed by atoms with Gasteiger partial charge < -0.3 is 15.7 Å². The molecule has 1 aliphatic heterocycles. The van der Waals surface area contributed by atoms with Crippen molar-refractivity contribution in [1.82, 2.24) is 21.1 Å². The van der Waals surface area contributed by atoms with Gasteiger partial charge in [-0.05, 0) is 24.1 Å². The molecule has 1 aromatic carbocycles. The number of carbonyl (C=O) groups excluding carboxylic acids is 4. The van der Waals surface area contributed by atoms with E-state index in [1.54, 1.807) is 13.8 Å². The van der Waals surface area contributed by atoms with Crippen LogP contribution in [0.25, 0.3) is 0 Å². The van der Waals surface area contributed by atoms with Gasteiger partial charge in [0.2, 0.25) is 5.91 Å². The Labute approximate surface area is 184 Å². The zero-order valence-corrected chi connectivity index (χ0v) is 18.2. The minimum atomic E-state index is -1.78. The maximum atomic E-state index is 14.0. The van der Waals surface area contributed by atoms with E-state index in [1.807, 2.05) is 0 Å². The molecule has 5 N–H and O–H groups in total. The third-order valence-electron chi connectivity index (χ3n) is 4.65. The Morgan fingerprint density at radius 3 is 2.55 bits per heavy atom. The quantitative estimate of drug-likeness (QED) is 0.340. The summed E-state index contributed by atoms with van der Waals surface area (Å²) in [5.41, 5.74) is 0.248. The van der Waals surface area contributed by atoms with Gasteiger partial charge in [-0.2, -0.15) is 0 Å². The summed E-state index contributed by atoms with van der Waals surface area (Å²) in [4.78, 5) is 60.3. The van der Waals surface area contributed by atoms with Gasteiger partial charge in [0.05, 0.1) is 18.5 Å². The fraction of sp³-hybridized carbons (Fsp3) is 0.389. The molecule has 0 saturated carbocycles. The molecule has 1 aromatic rings. The Morgan fingerprint density at radius 2 is 1.97 bits per heavy atom. The molecule has 0 bridgehead atoms. The molecule has 2 rings (SSSR count). The first-order valence-corrected chi connectivity index (χ1v) is 9.93. The zero-order valence-electron chi connectivity index (χ0n) is 16.6. The van der Waals surface area contributed by atoms with Crippen molar-refractivity contribution in [3.63, 3.8) is 0 Å². The number of hydrogen-bond acceptors (Lipinski definition) is 5.